The summed E-state index contributed by atoms with van der Waals surface area (Å²) in [4.78, 5) is 29.9. The fourth-order valence-corrected chi connectivity index (χ4v) is 3.72. The van der Waals surface area contributed by atoms with Crippen LogP contribution in [0.5, 0.6) is 0 Å². The predicted molar refractivity (Wildman–Crippen MR) is 97.6 cm³/mol. The van der Waals surface area contributed by atoms with Crippen molar-refractivity contribution in [3.63, 3.8) is 0 Å². The lowest BCUT2D eigenvalue weighted by Gasteiger charge is -2.32. The van der Waals surface area contributed by atoms with Crippen LogP contribution in [0.1, 0.15) is 25.3 Å². The van der Waals surface area contributed by atoms with Crippen molar-refractivity contribution in [2.75, 3.05) is 13.1 Å². The number of aromatic nitrogens is 3. The SMILES string of the molecule is CC(=O)N1CCCC(Cn2c(Cl)cnc2-c2cc(C)c(=O)n(C)c2)C1. The van der Waals surface area contributed by atoms with E-state index in [9.17, 15) is 9.59 Å². The summed E-state index contributed by atoms with van der Waals surface area (Å²) in [6.45, 7) is 5.70. The van der Waals surface area contributed by atoms with E-state index in [1.807, 2.05) is 15.5 Å². The summed E-state index contributed by atoms with van der Waals surface area (Å²) in [5.41, 5.74) is 1.52. The first-order chi connectivity index (χ1) is 11.9. The van der Waals surface area contributed by atoms with Crippen LogP contribution in [0, 0.1) is 12.8 Å². The van der Waals surface area contributed by atoms with Crippen molar-refractivity contribution in [1.29, 1.82) is 0 Å². The zero-order chi connectivity index (χ0) is 18.1. The third-order valence-electron chi connectivity index (χ3n) is 4.83. The van der Waals surface area contributed by atoms with Gasteiger partial charge in [-0.05, 0) is 31.7 Å². The molecule has 1 unspecified atom stereocenters. The Kier molecular flexibility index (Phi) is 4.99. The minimum Gasteiger partial charge on any atom is -0.343 e. The molecule has 1 amide bonds. The molecule has 1 aliphatic rings. The zero-order valence-corrected chi connectivity index (χ0v) is 15.6. The molecule has 3 heterocycles. The van der Waals surface area contributed by atoms with Crippen molar-refractivity contribution in [2.45, 2.75) is 33.2 Å². The van der Waals surface area contributed by atoms with Crippen LogP contribution in [0.4, 0.5) is 0 Å². The van der Waals surface area contributed by atoms with Crippen molar-refractivity contribution in [3.8, 4) is 11.4 Å². The molecule has 7 heteroatoms. The second-order valence-corrected chi connectivity index (χ2v) is 7.20. The number of imidazole rings is 1. The van der Waals surface area contributed by atoms with Gasteiger partial charge in [0.25, 0.3) is 5.56 Å². The van der Waals surface area contributed by atoms with Crippen LogP contribution in [-0.2, 0) is 18.4 Å². The predicted octanol–water partition coefficient (Wildman–Crippen LogP) is 2.47. The van der Waals surface area contributed by atoms with Gasteiger partial charge in [-0.2, -0.15) is 0 Å². The molecule has 0 spiro atoms. The van der Waals surface area contributed by atoms with Crippen molar-refractivity contribution in [1.82, 2.24) is 19.0 Å². The number of carbonyl (C=O) groups is 1. The van der Waals surface area contributed by atoms with Crippen LogP contribution in [0.3, 0.4) is 0 Å². The number of hydrogen-bond acceptors (Lipinski definition) is 3. The first kappa shape index (κ1) is 17.7. The highest BCUT2D eigenvalue weighted by Gasteiger charge is 2.24. The van der Waals surface area contributed by atoms with E-state index in [4.69, 9.17) is 11.6 Å². The lowest BCUT2D eigenvalue weighted by Crippen LogP contribution is -2.39. The molecule has 134 valence electrons. The van der Waals surface area contributed by atoms with Gasteiger partial charge >= 0.3 is 0 Å². The molecule has 6 nitrogen and oxygen atoms in total. The summed E-state index contributed by atoms with van der Waals surface area (Å²) in [6, 6.07) is 1.85. The summed E-state index contributed by atoms with van der Waals surface area (Å²) in [6.07, 6.45) is 5.49. The van der Waals surface area contributed by atoms with E-state index in [0.717, 1.165) is 37.3 Å². The van der Waals surface area contributed by atoms with Gasteiger partial charge in [0.2, 0.25) is 5.91 Å². The average Bonchev–Trinajstić information content (AvgIpc) is 2.93. The van der Waals surface area contributed by atoms with E-state index in [1.54, 1.807) is 37.9 Å². The van der Waals surface area contributed by atoms with Crippen LogP contribution in [-0.4, -0.2) is 38.0 Å². The Balaban J connectivity index is 1.90. The second-order valence-electron chi connectivity index (χ2n) is 6.82. The molecule has 1 fully saturated rings. The molecule has 0 bridgehead atoms. The Bertz CT molecular complexity index is 829. The van der Waals surface area contributed by atoms with Gasteiger partial charge < -0.3 is 14.0 Å². The highest BCUT2D eigenvalue weighted by atomic mass is 35.5. The Hall–Kier alpha value is -2.08. The minimum absolute atomic E-state index is 0.0164. The summed E-state index contributed by atoms with van der Waals surface area (Å²) >= 11 is 6.38. The molecular formula is C18H23ClN4O2. The standard InChI is InChI=1S/C18H23ClN4O2/c1-12-7-15(11-21(3)18(12)25)17-20-8-16(19)23(17)10-14-5-4-6-22(9-14)13(2)24/h7-8,11,14H,4-6,9-10H2,1-3H3. The van der Waals surface area contributed by atoms with E-state index >= 15 is 0 Å². The van der Waals surface area contributed by atoms with Crippen molar-refractivity contribution in [3.05, 3.63) is 39.5 Å². The number of aryl methyl sites for hydroxylation is 2. The van der Waals surface area contributed by atoms with E-state index in [2.05, 4.69) is 4.98 Å². The minimum atomic E-state index is -0.0164. The van der Waals surface area contributed by atoms with Gasteiger partial charge in [-0.25, -0.2) is 4.98 Å². The van der Waals surface area contributed by atoms with E-state index in [1.165, 1.54) is 0 Å². The van der Waals surface area contributed by atoms with E-state index < -0.39 is 0 Å². The van der Waals surface area contributed by atoms with Gasteiger partial charge in [-0.3, -0.25) is 9.59 Å². The molecule has 1 saturated heterocycles. The Morgan fingerprint density at radius 3 is 2.88 bits per heavy atom. The zero-order valence-electron chi connectivity index (χ0n) is 14.8. The number of likely N-dealkylation sites (tertiary alicyclic amines) is 1. The van der Waals surface area contributed by atoms with Gasteiger partial charge in [0, 0.05) is 50.9 Å². The summed E-state index contributed by atoms with van der Waals surface area (Å²) in [5, 5.41) is 0.571. The smallest absolute Gasteiger partial charge is 0.253 e. The monoisotopic (exact) mass is 362 g/mol. The Morgan fingerprint density at radius 2 is 2.20 bits per heavy atom. The van der Waals surface area contributed by atoms with Gasteiger partial charge in [-0.1, -0.05) is 11.6 Å². The highest BCUT2D eigenvalue weighted by Crippen LogP contribution is 2.26. The summed E-state index contributed by atoms with van der Waals surface area (Å²) in [5.74, 6) is 1.22. The number of halogens is 1. The molecule has 0 aliphatic carbocycles. The van der Waals surface area contributed by atoms with E-state index in [0.29, 0.717) is 23.2 Å². The maximum absolute atomic E-state index is 11.9. The molecular weight excluding hydrogens is 340 g/mol. The quantitative estimate of drug-likeness (QED) is 0.842. The summed E-state index contributed by atoms with van der Waals surface area (Å²) in [7, 11) is 1.74. The number of hydrogen-bond donors (Lipinski definition) is 0. The molecule has 3 rings (SSSR count). The number of amides is 1. The van der Waals surface area contributed by atoms with Gasteiger partial charge in [0.05, 0.1) is 6.20 Å². The maximum atomic E-state index is 11.9. The lowest BCUT2D eigenvalue weighted by atomic mass is 9.97. The van der Waals surface area contributed by atoms with Crippen LogP contribution in [0.25, 0.3) is 11.4 Å². The normalized spacial score (nSPS) is 17.8. The van der Waals surface area contributed by atoms with Crippen LogP contribution < -0.4 is 5.56 Å². The summed E-state index contributed by atoms with van der Waals surface area (Å²) < 4.78 is 3.55. The third kappa shape index (κ3) is 3.63. The lowest BCUT2D eigenvalue weighted by molar-refractivity contribution is -0.130. The van der Waals surface area contributed by atoms with Crippen molar-refractivity contribution < 1.29 is 4.79 Å². The van der Waals surface area contributed by atoms with Gasteiger partial charge in [-0.15, -0.1) is 0 Å². The highest BCUT2D eigenvalue weighted by molar-refractivity contribution is 6.29. The molecule has 25 heavy (non-hydrogen) atoms. The van der Waals surface area contributed by atoms with Crippen LogP contribution in [0.2, 0.25) is 5.15 Å². The van der Waals surface area contributed by atoms with Gasteiger partial charge in [0.1, 0.15) is 11.0 Å². The second kappa shape index (κ2) is 7.04. The number of rotatable bonds is 3. The van der Waals surface area contributed by atoms with Crippen molar-refractivity contribution in [2.24, 2.45) is 13.0 Å². The largest absolute Gasteiger partial charge is 0.343 e. The number of nitrogens with zero attached hydrogens (tertiary/aromatic N) is 4. The molecule has 0 radical (unpaired) electrons. The fourth-order valence-electron chi connectivity index (χ4n) is 3.52. The number of piperidine rings is 1. The molecule has 1 atom stereocenters. The topological polar surface area (TPSA) is 60.1 Å². The molecule has 2 aromatic rings. The maximum Gasteiger partial charge on any atom is 0.253 e. The molecule has 0 saturated carbocycles. The molecule has 0 aromatic carbocycles. The molecule has 1 aliphatic heterocycles. The van der Waals surface area contributed by atoms with Gasteiger partial charge in [0.15, 0.2) is 0 Å². The van der Waals surface area contributed by atoms with Crippen LogP contribution in [0.15, 0.2) is 23.3 Å². The van der Waals surface area contributed by atoms with Crippen molar-refractivity contribution >= 4 is 17.5 Å². The Morgan fingerprint density at radius 1 is 1.44 bits per heavy atom. The first-order valence-corrected chi connectivity index (χ1v) is 8.88. The molecule has 2 aromatic heterocycles. The third-order valence-corrected chi connectivity index (χ3v) is 5.13. The molecule has 0 N–H and O–H groups in total. The average molecular weight is 363 g/mol. The number of pyridine rings is 1. The van der Waals surface area contributed by atoms with E-state index in [-0.39, 0.29) is 11.5 Å². The Labute approximate surface area is 152 Å². The van der Waals surface area contributed by atoms with Crippen LogP contribution >= 0.6 is 11.6 Å². The number of carbonyl (C=O) groups excluding carboxylic acids is 1. The first-order valence-electron chi connectivity index (χ1n) is 8.51. The fraction of sp³-hybridized carbons (Fsp3) is 0.500.